The van der Waals surface area contributed by atoms with E-state index < -0.39 is 0 Å². The van der Waals surface area contributed by atoms with Crippen molar-refractivity contribution in [2.45, 2.75) is 96.2 Å². The van der Waals surface area contributed by atoms with Gasteiger partial charge in [0.25, 0.3) is 0 Å². The average molecular weight is 327 g/mol. The van der Waals surface area contributed by atoms with Crippen LogP contribution >= 0.6 is 0 Å². The van der Waals surface area contributed by atoms with Crippen LogP contribution in [0.3, 0.4) is 0 Å². The molecule has 0 atom stereocenters. The lowest BCUT2D eigenvalue weighted by molar-refractivity contribution is -0.160. The number of ether oxygens (including phenoxy) is 2. The lowest BCUT2D eigenvalue weighted by Crippen LogP contribution is -2.29. The summed E-state index contributed by atoms with van der Waals surface area (Å²) in [6.07, 6.45) is 20.0. The van der Waals surface area contributed by atoms with Gasteiger partial charge in [-0.3, -0.25) is 0 Å². The minimum Gasteiger partial charge on any atom is -0.396 e. The fourth-order valence-corrected chi connectivity index (χ4v) is 3.14. The van der Waals surface area contributed by atoms with E-state index >= 15 is 0 Å². The first-order chi connectivity index (χ1) is 11.3. The number of hydrogen-bond acceptors (Lipinski definition) is 3. The average Bonchev–Trinajstić information content (AvgIpc) is 3.02. The van der Waals surface area contributed by atoms with Crippen molar-refractivity contribution < 1.29 is 14.6 Å². The highest BCUT2D eigenvalue weighted by Crippen LogP contribution is 2.30. The second kappa shape index (κ2) is 14.0. The van der Waals surface area contributed by atoms with Crippen LogP contribution in [0, 0.1) is 0 Å². The second-order valence-corrected chi connectivity index (χ2v) is 6.73. The summed E-state index contributed by atoms with van der Waals surface area (Å²) in [5.74, 6) is -0.325. The molecule has 0 saturated carbocycles. The second-order valence-electron chi connectivity index (χ2n) is 6.73. The van der Waals surface area contributed by atoms with Crippen LogP contribution in [-0.4, -0.2) is 30.7 Å². The summed E-state index contributed by atoms with van der Waals surface area (Å²) in [5.41, 5.74) is 0. The van der Waals surface area contributed by atoms with Crippen molar-refractivity contribution in [3.63, 3.8) is 0 Å². The maximum absolute atomic E-state index is 8.73. The van der Waals surface area contributed by atoms with E-state index in [9.17, 15) is 0 Å². The molecule has 136 valence electrons. The molecule has 0 aromatic carbocycles. The van der Waals surface area contributed by atoms with E-state index in [-0.39, 0.29) is 5.79 Å². The van der Waals surface area contributed by atoms with Crippen molar-refractivity contribution in [1.82, 2.24) is 0 Å². The van der Waals surface area contributed by atoms with E-state index in [0.717, 1.165) is 38.9 Å². The van der Waals surface area contributed by atoms with Crippen LogP contribution in [0.2, 0.25) is 0 Å². The normalized spacial score (nSPS) is 17.3. The van der Waals surface area contributed by atoms with E-state index in [1.165, 1.54) is 57.8 Å². The van der Waals surface area contributed by atoms with Crippen LogP contribution in [0.1, 0.15) is 90.4 Å². The molecule has 1 N–H and O–H groups in total. The zero-order valence-electron chi connectivity index (χ0n) is 15.2. The quantitative estimate of drug-likeness (QED) is 0.325. The Kier molecular flexibility index (Phi) is 12.6. The van der Waals surface area contributed by atoms with Crippen LogP contribution in [0.25, 0.3) is 0 Å². The van der Waals surface area contributed by atoms with Gasteiger partial charge in [0, 0.05) is 19.4 Å². The zero-order chi connectivity index (χ0) is 16.6. The molecule has 1 rings (SSSR count). The summed E-state index contributed by atoms with van der Waals surface area (Å²) in [5, 5.41) is 8.73. The third-order valence-electron chi connectivity index (χ3n) is 4.60. The molecule has 1 heterocycles. The third-order valence-corrected chi connectivity index (χ3v) is 4.60. The summed E-state index contributed by atoms with van der Waals surface area (Å²) in [6, 6.07) is 0. The molecule has 0 bridgehead atoms. The Morgan fingerprint density at radius 3 is 2.17 bits per heavy atom. The highest BCUT2D eigenvalue weighted by molar-refractivity contribution is 4.89. The number of aliphatic hydroxyl groups is 1. The molecule has 3 nitrogen and oxygen atoms in total. The molecule has 3 heteroatoms. The van der Waals surface area contributed by atoms with Gasteiger partial charge in [0.1, 0.15) is 0 Å². The molecule has 0 amide bonds. The highest BCUT2D eigenvalue weighted by Gasteiger charge is 2.34. The molecular weight excluding hydrogens is 288 g/mol. The molecule has 1 aliphatic rings. The molecule has 23 heavy (non-hydrogen) atoms. The molecule has 1 fully saturated rings. The van der Waals surface area contributed by atoms with Crippen molar-refractivity contribution >= 4 is 0 Å². The minimum absolute atomic E-state index is 0.325. The van der Waals surface area contributed by atoms with Gasteiger partial charge in [0.2, 0.25) is 0 Å². The largest absolute Gasteiger partial charge is 0.396 e. The summed E-state index contributed by atoms with van der Waals surface area (Å²) in [6.45, 7) is 4.08. The monoisotopic (exact) mass is 326 g/mol. The Morgan fingerprint density at radius 2 is 1.48 bits per heavy atom. The fourth-order valence-electron chi connectivity index (χ4n) is 3.14. The zero-order valence-corrected chi connectivity index (χ0v) is 15.2. The third kappa shape index (κ3) is 10.2. The Labute approximate surface area is 143 Å². The smallest absolute Gasteiger partial charge is 0.171 e. The van der Waals surface area contributed by atoms with Crippen molar-refractivity contribution in [1.29, 1.82) is 0 Å². The number of rotatable bonds is 15. The van der Waals surface area contributed by atoms with Crippen LogP contribution in [0.4, 0.5) is 0 Å². The molecule has 0 aromatic rings. The van der Waals surface area contributed by atoms with Gasteiger partial charge >= 0.3 is 0 Å². The first kappa shape index (κ1) is 20.7. The highest BCUT2D eigenvalue weighted by atomic mass is 16.7. The van der Waals surface area contributed by atoms with E-state index in [4.69, 9.17) is 14.6 Å². The first-order valence-electron chi connectivity index (χ1n) is 9.87. The lowest BCUT2D eigenvalue weighted by atomic mass is 10.0. The molecular formula is C20H38O3. The van der Waals surface area contributed by atoms with Gasteiger partial charge in [0.05, 0.1) is 13.2 Å². The maximum atomic E-state index is 8.73. The van der Waals surface area contributed by atoms with Crippen LogP contribution in [0.5, 0.6) is 0 Å². The van der Waals surface area contributed by atoms with Gasteiger partial charge in [-0.15, -0.1) is 0 Å². The van der Waals surface area contributed by atoms with E-state index in [0.29, 0.717) is 6.61 Å². The number of unbranched alkanes of at least 4 members (excludes halogenated alkanes) is 9. The summed E-state index contributed by atoms with van der Waals surface area (Å²) in [4.78, 5) is 0. The Balaban J connectivity index is 2.07. The van der Waals surface area contributed by atoms with E-state index in [2.05, 4.69) is 19.1 Å². The van der Waals surface area contributed by atoms with Crippen LogP contribution in [-0.2, 0) is 9.47 Å². The minimum atomic E-state index is -0.325. The van der Waals surface area contributed by atoms with Gasteiger partial charge in [-0.05, 0) is 25.7 Å². The van der Waals surface area contributed by atoms with Crippen molar-refractivity contribution in [3.05, 3.63) is 12.2 Å². The SMILES string of the molecule is CCCCCCC1(C/C=C\CCCCCCCCO)OCCO1. The van der Waals surface area contributed by atoms with Gasteiger partial charge in [-0.1, -0.05) is 64.0 Å². The summed E-state index contributed by atoms with van der Waals surface area (Å²) < 4.78 is 11.8. The van der Waals surface area contributed by atoms with E-state index in [1.807, 2.05) is 0 Å². The number of hydrogen-bond donors (Lipinski definition) is 1. The number of aliphatic hydroxyl groups excluding tert-OH is 1. The number of allylic oxidation sites excluding steroid dienone is 1. The standard InChI is InChI=1S/C20H38O3/c1-2-3-4-12-15-20(22-18-19-23-20)16-13-10-8-6-5-7-9-11-14-17-21/h10,13,21H,2-9,11-12,14-19H2,1H3/b13-10-. The van der Waals surface area contributed by atoms with Gasteiger partial charge in [-0.25, -0.2) is 0 Å². The predicted octanol–water partition coefficient (Wildman–Crippen LogP) is 5.37. The van der Waals surface area contributed by atoms with Gasteiger partial charge in [0.15, 0.2) is 5.79 Å². The van der Waals surface area contributed by atoms with Crippen molar-refractivity contribution in [2.24, 2.45) is 0 Å². The maximum Gasteiger partial charge on any atom is 0.171 e. The Hall–Kier alpha value is -0.380. The van der Waals surface area contributed by atoms with Crippen LogP contribution in [0.15, 0.2) is 12.2 Å². The molecule has 0 aliphatic carbocycles. The van der Waals surface area contributed by atoms with Crippen molar-refractivity contribution in [2.75, 3.05) is 19.8 Å². The Bertz CT molecular complexity index is 283. The van der Waals surface area contributed by atoms with E-state index in [1.54, 1.807) is 0 Å². The fraction of sp³-hybridized carbons (Fsp3) is 0.900. The van der Waals surface area contributed by atoms with Crippen molar-refractivity contribution in [3.8, 4) is 0 Å². The molecule has 1 aliphatic heterocycles. The first-order valence-corrected chi connectivity index (χ1v) is 9.87. The summed E-state index contributed by atoms with van der Waals surface area (Å²) >= 11 is 0. The molecule has 1 saturated heterocycles. The molecule has 0 aromatic heterocycles. The van der Waals surface area contributed by atoms with Crippen LogP contribution < -0.4 is 0 Å². The lowest BCUT2D eigenvalue weighted by Gasteiger charge is -2.26. The molecule has 0 radical (unpaired) electrons. The summed E-state index contributed by atoms with van der Waals surface area (Å²) in [7, 11) is 0. The van der Waals surface area contributed by atoms with Gasteiger partial charge < -0.3 is 14.6 Å². The topological polar surface area (TPSA) is 38.7 Å². The Morgan fingerprint density at radius 1 is 0.826 bits per heavy atom. The predicted molar refractivity (Wildman–Crippen MR) is 96.6 cm³/mol. The molecule has 0 spiro atoms. The van der Waals surface area contributed by atoms with Gasteiger partial charge in [-0.2, -0.15) is 0 Å². The molecule has 0 unspecified atom stereocenters.